The van der Waals surface area contributed by atoms with Gasteiger partial charge in [-0.3, -0.25) is 9.69 Å². The molecule has 1 N–H and O–H groups in total. The predicted octanol–water partition coefficient (Wildman–Crippen LogP) is 2.92. The summed E-state index contributed by atoms with van der Waals surface area (Å²) in [6, 6.07) is 15.9. The smallest absolute Gasteiger partial charge is 0.387 e. The van der Waals surface area contributed by atoms with Gasteiger partial charge in [0.2, 0.25) is 0 Å². The van der Waals surface area contributed by atoms with E-state index in [9.17, 15) is 13.6 Å². The minimum absolute atomic E-state index is 0.0411. The first-order valence-corrected chi connectivity index (χ1v) is 8.81. The van der Waals surface area contributed by atoms with Gasteiger partial charge in [0.15, 0.2) is 0 Å². The number of carbonyl (C=O) groups is 1. The molecule has 7 heteroatoms. The Bertz CT molecular complexity index is 743. The fraction of sp³-hybridized carbons (Fsp3) is 0.350. The molecule has 1 atom stereocenters. The maximum absolute atomic E-state index is 12.3. The second-order valence-electron chi connectivity index (χ2n) is 6.33. The van der Waals surface area contributed by atoms with Crippen molar-refractivity contribution in [1.29, 1.82) is 0 Å². The van der Waals surface area contributed by atoms with Crippen LogP contribution in [0.5, 0.6) is 5.75 Å². The fourth-order valence-corrected chi connectivity index (χ4v) is 3.01. The molecule has 0 saturated carbocycles. The lowest BCUT2D eigenvalue weighted by atomic mass is 10.1. The maximum Gasteiger partial charge on any atom is 0.387 e. The van der Waals surface area contributed by atoms with Gasteiger partial charge in [-0.05, 0) is 23.8 Å². The molecule has 0 bridgehead atoms. The first kappa shape index (κ1) is 19.3. The Morgan fingerprint density at radius 2 is 2.04 bits per heavy atom. The number of hydrogen-bond acceptors (Lipinski definition) is 4. The normalized spacial score (nSPS) is 17.7. The zero-order chi connectivity index (χ0) is 19.1. The molecule has 1 fully saturated rings. The third-order valence-corrected chi connectivity index (χ3v) is 4.28. The second-order valence-corrected chi connectivity index (χ2v) is 6.33. The van der Waals surface area contributed by atoms with Crippen LogP contribution in [0.3, 0.4) is 0 Å². The predicted molar refractivity (Wildman–Crippen MR) is 96.9 cm³/mol. The number of halogens is 2. The molecule has 1 aliphatic rings. The van der Waals surface area contributed by atoms with E-state index in [2.05, 4.69) is 27.1 Å². The number of nitrogens with one attached hydrogen (secondary N) is 1. The third kappa shape index (κ3) is 6.01. The number of carbonyl (C=O) groups excluding carboxylic acids is 1. The van der Waals surface area contributed by atoms with Gasteiger partial charge >= 0.3 is 6.61 Å². The van der Waals surface area contributed by atoms with E-state index in [0.717, 1.165) is 13.1 Å². The molecule has 2 aromatic carbocycles. The number of hydrogen-bond donors (Lipinski definition) is 1. The largest absolute Gasteiger partial charge is 0.435 e. The summed E-state index contributed by atoms with van der Waals surface area (Å²) in [5.74, 6) is -0.390. The van der Waals surface area contributed by atoms with Gasteiger partial charge in [0, 0.05) is 31.7 Å². The lowest BCUT2D eigenvalue weighted by Crippen LogP contribution is -2.47. The molecule has 0 radical (unpaired) electrons. The molecule has 1 unspecified atom stereocenters. The minimum Gasteiger partial charge on any atom is -0.435 e. The summed E-state index contributed by atoms with van der Waals surface area (Å²) in [5, 5.41) is 2.80. The molecule has 1 saturated heterocycles. The lowest BCUT2D eigenvalue weighted by Gasteiger charge is -2.33. The van der Waals surface area contributed by atoms with Crippen LogP contribution in [-0.2, 0) is 11.3 Å². The van der Waals surface area contributed by atoms with E-state index in [0.29, 0.717) is 19.7 Å². The number of benzene rings is 2. The molecule has 5 nitrogen and oxygen atoms in total. The summed E-state index contributed by atoms with van der Waals surface area (Å²) in [6.07, 6.45) is -0.119. The van der Waals surface area contributed by atoms with Gasteiger partial charge < -0.3 is 14.8 Å². The van der Waals surface area contributed by atoms with Crippen molar-refractivity contribution in [3.05, 3.63) is 65.7 Å². The van der Waals surface area contributed by atoms with Crippen LogP contribution in [0, 0.1) is 0 Å². The summed E-state index contributed by atoms with van der Waals surface area (Å²) in [4.78, 5) is 14.6. The molecule has 3 rings (SSSR count). The first-order valence-electron chi connectivity index (χ1n) is 8.81. The van der Waals surface area contributed by atoms with E-state index in [1.165, 1.54) is 23.8 Å². The van der Waals surface area contributed by atoms with E-state index in [1.807, 2.05) is 18.2 Å². The number of ether oxygens (including phenoxy) is 2. The van der Waals surface area contributed by atoms with E-state index < -0.39 is 6.61 Å². The molecule has 0 spiro atoms. The Morgan fingerprint density at radius 3 is 2.81 bits per heavy atom. The van der Waals surface area contributed by atoms with Gasteiger partial charge in [0.25, 0.3) is 5.91 Å². The van der Waals surface area contributed by atoms with E-state index in [-0.39, 0.29) is 23.3 Å². The van der Waals surface area contributed by atoms with E-state index in [4.69, 9.17) is 4.74 Å². The number of nitrogens with zero attached hydrogens (tertiary/aromatic N) is 1. The van der Waals surface area contributed by atoms with Crippen LogP contribution in [-0.4, -0.2) is 49.8 Å². The summed E-state index contributed by atoms with van der Waals surface area (Å²) in [6.45, 7) is 0.418. The van der Waals surface area contributed by atoms with Crippen LogP contribution < -0.4 is 10.1 Å². The van der Waals surface area contributed by atoms with Crippen LogP contribution in [0.15, 0.2) is 54.6 Å². The summed E-state index contributed by atoms with van der Waals surface area (Å²) < 4.78 is 34.6. The van der Waals surface area contributed by atoms with Crippen molar-refractivity contribution in [2.45, 2.75) is 19.3 Å². The Morgan fingerprint density at radius 1 is 1.22 bits per heavy atom. The van der Waals surface area contributed by atoms with Gasteiger partial charge in [-0.2, -0.15) is 8.78 Å². The molecule has 2 aromatic rings. The quantitative estimate of drug-likeness (QED) is 0.807. The summed E-state index contributed by atoms with van der Waals surface area (Å²) >= 11 is 0. The van der Waals surface area contributed by atoms with Crippen molar-refractivity contribution >= 4 is 5.91 Å². The molecular formula is C20H22F2N2O3. The van der Waals surface area contributed by atoms with Crippen molar-refractivity contribution in [2.24, 2.45) is 0 Å². The highest BCUT2D eigenvalue weighted by Crippen LogP contribution is 2.16. The molecule has 1 amide bonds. The Kier molecular flexibility index (Phi) is 6.73. The number of amides is 1. The van der Waals surface area contributed by atoms with Gasteiger partial charge in [-0.15, -0.1) is 0 Å². The van der Waals surface area contributed by atoms with E-state index in [1.54, 1.807) is 6.07 Å². The number of rotatable bonds is 7. The minimum atomic E-state index is -2.92. The highest BCUT2D eigenvalue weighted by Gasteiger charge is 2.21. The second kappa shape index (κ2) is 9.43. The zero-order valence-electron chi connectivity index (χ0n) is 14.8. The van der Waals surface area contributed by atoms with Crippen LogP contribution in [0.2, 0.25) is 0 Å². The number of morpholine rings is 1. The summed E-state index contributed by atoms with van der Waals surface area (Å²) in [7, 11) is 0. The van der Waals surface area contributed by atoms with Gasteiger partial charge in [0.05, 0.1) is 12.7 Å². The standard InChI is InChI=1S/C20H22F2N2O3/c21-20(22)27-17-8-4-7-16(11-17)19(25)23-12-18-14-24(9-10-26-18)13-15-5-2-1-3-6-15/h1-8,11,18,20H,9-10,12-14H2,(H,23,25). The van der Waals surface area contributed by atoms with Gasteiger partial charge in [0.1, 0.15) is 5.75 Å². The van der Waals surface area contributed by atoms with Crippen LogP contribution in [0.25, 0.3) is 0 Å². The van der Waals surface area contributed by atoms with Crippen molar-refractivity contribution < 1.29 is 23.0 Å². The highest BCUT2D eigenvalue weighted by atomic mass is 19.3. The van der Waals surface area contributed by atoms with Crippen molar-refractivity contribution in [3.63, 3.8) is 0 Å². The SMILES string of the molecule is O=C(NCC1CN(Cc2ccccc2)CCO1)c1cccc(OC(F)F)c1. The molecule has 144 valence electrons. The van der Waals surface area contributed by atoms with Crippen molar-refractivity contribution in [1.82, 2.24) is 10.2 Å². The monoisotopic (exact) mass is 376 g/mol. The lowest BCUT2D eigenvalue weighted by molar-refractivity contribution is -0.0498. The van der Waals surface area contributed by atoms with Crippen molar-refractivity contribution in [2.75, 3.05) is 26.2 Å². The van der Waals surface area contributed by atoms with Crippen molar-refractivity contribution in [3.8, 4) is 5.75 Å². The molecule has 0 aromatic heterocycles. The average Bonchev–Trinajstić information content (AvgIpc) is 2.67. The highest BCUT2D eigenvalue weighted by molar-refractivity contribution is 5.94. The van der Waals surface area contributed by atoms with Gasteiger partial charge in [-0.25, -0.2) is 0 Å². The van der Waals surface area contributed by atoms with Gasteiger partial charge in [-0.1, -0.05) is 36.4 Å². The Balaban J connectivity index is 1.49. The maximum atomic E-state index is 12.3. The third-order valence-electron chi connectivity index (χ3n) is 4.28. The molecule has 1 heterocycles. The van der Waals surface area contributed by atoms with Crippen LogP contribution in [0.4, 0.5) is 8.78 Å². The Labute approximate surface area is 156 Å². The molecule has 1 aliphatic heterocycles. The first-order chi connectivity index (χ1) is 13.1. The summed E-state index contributed by atoms with van der Waals surface area (Å²) in [5.41, 5.74) is 1.50. The molecular weight excluding hydrogens is 354 g/mol. The zero-order valence-corrected chi connectivity index (χ0v) is 14.8. The van der Waals surface area contributed by atoms with Crippen LogP contribution >= 0.6 is 0 Å². The topological polar surface area (TPSA) is 50.8 Å². The molecule has 27 heavy (non-hydrogen) atoms. The fourth-order valence-electron chi connectivity index (χ4n) is 3.01. The Hall–Kier alpha value is -2.51. The van der Waals surface area contributed by atoms with E-state index >= 15 is 0 Å². The molecule has 0 aliphatic carbocycles. The van der Waals surface area contributed by atoms with Crippen LogP contribution in [0.1, 0.15) is 15.9 Å². The number of alkyl halides is 2. The average molecular weight is 376 g/mol.